The van der Waals surface area contributed by atoms with Gasteiger partial charge in [0.05, 0.1) is 18.9 Å². The van der Waals surface area contributed by atoms with E-state index in [2.05, 4.69) is 6.92 Å². The zero-order valence-electron chi connectivity index (χ0n) is 14.5. The first-order valence-electron chi connectivity index (χ1n) is 8.05. The van der Waals surface area contributed by atoms with Crippen molar-refractivity contribution in [2.24, 2.45) is 5.41 Å². The van der Waals surface area contributed by atoms with Crippen molar-refractivity contribution in [3.8, 4) is 0 Å². The number of carbonyl (C=O) groups excluding carboxylic acids is 2. The summed E-state index contributed by atoms with van der Waals surface area (Å²) < 4.78 is 10.6. The third-order valence-electron chi connectivity index (χ3n) is 3.61. The lowest BCUT2D eigenvalue weighted by atomic mass is 9.90. The first kappa shape index (κ1) is 19.9. The van der Waals surface area contributed by atoms with Crippen molar-refractivity contribution in [2.75, 3.05) is 0 Å². The number of rotatable bonds is 9. The van der Waals surface area contributed by atoms with Crippen LogP contribution in [0.3, 0.4) is 0 Å². The maximum Gasteiger partial charge on any atom is 0.306 e. The molecular weight excluding hydrogens is 268 g/mol. The number of unbranched alkanes of at least 4 members (excludes halogenated alkanes) is 2. The minimum Gasteiger partial charge on any atom is -0.463 e. The van der Waals surface area contributed by atoms with Crippen molar-refractivity contribution in [3.05, 3.63) is 0 Å². The van der Waals surface area contributed by atoms with E-state index >= 15 is 0 Å². The largest absolute Gasteiger partial charge is 0.463 e. The molecule has 0 bridgehead atoms. The second-order valence-electron chi connectivity index (χ2n) is 6.79. The molecule has 0 radical (unpaired) electrons. The minimum atomic E-state index is -0.340. The van der Waals surface area contributed by atoms with Crippen LogP contribution in [0.15, 0.2) is 0 Å². The van der Waals surface area contributed by atoms with Crippen molar-refractivity contribution < 1.29 is 19.1 Å². The van der Waals surface area contributed by atoms with Crippen LogP contribution in [0.5, 0.6) is 0 Å². The van der Waals surface area contributed by atoms with E-state index < -0.39 is 0 Å². The fraction of sp³-hybridized carbons (Fsp3) is 0.882. The Morgan fingerprint density at radius 1 is 0.952 bits per heavy atom. The average molecular weight is 300 g/mol. The van der Waals surface area contributed by atoms with E-state index in [1.807, 2.05) is 34.6 Å². The molecule has 0 aromatic carbocycles. The zero-order valence-corrected chi connectivity index (χ0v) is 14.5. The molecule has 0 rings (SSSR count). The molecule has 124 valence electrons. The SMILES string of the molecule is CCCCCC(C)OC(=O)CCC(=O)OC(C)C(C)(C)C. The fourth-order valence-electron chi connectivity index (χ4n) is 1.66. The standard InChI is InChI=1S/C17H32O4/c1-7-8-9-10-13(2)20-15(18)11-12-16(19)21-14(3)17(4,5)6/h13-14H,7-12H2,1-6H3. The molecule has 0 aromatic heterocycles. The van der Waals surface area contributed by atoms with Gasteiger partial charge in [-0.25, -0.2) is 0 Å². The maximum atomic E-state index is 11.7. The Labute approximate surface area is 129 Å². The number of esters is 2. The van der Waals surface area contributed by atoms with Crippen LogP contribution in [-0.4, -0.2) is 24.1 Å². The maximum absolute atomic E-state index is 11.7. The van der Waals surface area contributed by atoms with Gasteiger partial charge in [0.1, 0.15) is 6.10 Å². The lowest BCUT2D eigenvalue weighted by Crippen LogP contribution is -2.29. The quantitative estimate of drug-likeness (QED) is 0.471. The highest BCUT2D eigenvalue weighted by atomic mass is 16.5. The molecule has 0 N–H and O–H groups in total. The monoisotopic (exact) mass is 300 g/mol. The molecule has 0 fully saturated rings. The van der Waals surface area contributed by atoms with E-state index in [-0.39, 0.29) is 42.4 Å². The second kappa shape index (κ2) is 9.80. The van der Waals surface area contributed by atoms with E-state index in [0.717, 1.165) is 25.7 Å². The van der Waals surface area contributed by atoms with Crippen molar-refractivity contribution in [3.63, 3.8) is 0 Å². The number of carbonyl (C=O) groups is 2. The summed E-state index contributed by atoms with van der Waals surface area (Å²) in [6.45, 7) is 11.9. The second-order valence-corrected chi connectivity index (χ2v) is 6.79. The van der Waals surface area contributed by atoms with Crippen LogP contribution in [0.2, 0.25) is 0 Å². The van der Waals surface area contributed by atoms with Crippen molar-refractivity contribution >= 4 is 11.9 Å². The molecule has 0 aliphatic rings. The van der Waals surface area contributed by atoms with Gasteiger partial charge >= 0.3 is 11.9 Å². The Hall–Kier alpha value is -1.06. The summed E-state index contributed by atoms with van der Waals surface area (Å²) in [5.41, 5.74) is -0.0933. The van der Waals surface area contributed by atoms with Crippen LogP contribution in [-0.2, 0) is 19.1 Å². The molecule has 0 aliphatic heterocycles. The van der Waals surface area contributed by atoms with Crippen LogP contribution in [0.25, 0.3) is 0 Å². The lowest BCUT2D eigenvalue weighted by molar-refractivity contribution is -0.158. The Morgan fingerprint density at radius 2 is 1.48 bits per heavy atom. The molecule has 0 saturated heterocycles. The highest BCUT2D eigenvalue weighted by Gasteiger charge is 2.24. The predicted octanol–water partition coefficient (Wildman–Crippen LogP) is 4.26. The van der Waals surface area contributed by atoms with Crippen LogP contribution in [0, 0.1) is 5.41 Å². The highest BCUT2D eigenvalue weighted by Crippen LogP contribution is 2.22. The molecule has 4 heteroatoms. The first-order valence-corrected chi connectivity index (χ1v) is 8.05. The normalized spacial score (nSPS) is 14.4. The molecule has 0 amide bonds. The molecule has 2 atom stereocenters. The van der Waals surface area contributed by atoms with E-state index in [9.17, 15) is 9.59 Å². The van der Waals surface area contributed by atoms with Gasteiger partial charge in [-0.15, -0.1) is 0 Å². The third-order valence-corrected chi connectivity index (χ3v) is 3.61. The van der Waals surface area contributed by atoms with Crippen molar-refractivity contribution in [2.45, 2.75) is 92.3 Å². The predicted molar refractivity (Wildman–Crippen MR) is 83.9 cm³/mol. The van der Waals surface area contributed by atoms with Gasteiger partial charge in [0.2, 0.25) is 0 Å². The number of hydrogen-bond acceptors (Lipinski definition) is 4. The van der Waals surface area contributed by atoms with Crippen LogP contribution >= 0.6 is 0 Å². The molecule has 0 saturated carbocycles. The van der Waals surface area contributed by atoms with Gasteiger partial charge in [-0.3, -0.25) is 9.59 Å². The highest BCUT2D eigenvalue weighted by molar-refractivity contribution is 5.77. The molecule has 0 spiro atoms. The van der Waals surface area contributed by atoms with Crippen LogP contribution in [0.1, 0.15) is 80.1 Å². The number of ether oxygens (including phenoxy) is 2. The van der Waals surface area contributed by atoms with Gasteiger partial charge < -0.3 is 9.47 Å². The summed E-state index contributed by atoms with van der Waals surface area (Å²) in [6, 6.07) is 0. The third kappa shape index (κ3) is 10.3. The van der Waals surface area contributed by atoms with Gasteiger partial charge in [0.15, 0.2) is 0 Å². The Morgan fingerprint density at radius 3 is 1.95 bits per heavy atom. The van der Waals surface area contributed by atoms with Gasteiger partial charge in [0.25, 0.3) is 0 Å². The summed E-state index contributed by atoms with van der Waals surface area (Å²) in [4.78, 5) is 23.3. The van der Waals surface area contributed by atoms with Crippen LogP contribution < -0.4 is 0 Å². The molecule has 2 unspecified atom stereocenters. The number of hydrogen-bond donors (Lipinski definition) is 0. The van der Waals surface area contributed by atoms with Gasteiger partial charge in [-0.1, -0.05) is 40.5 Å². The molecule has 0 heterocycles. The summed E-state index contributed by atoms with van der Waals surface area (Å²) in [6.07, 6.45) is 4.18. The summed E-state index contributed by atoms with van der Waals surface area (Å²) >= 11 is 0. The Balaban J connectivity index is 3.89. The van der Waals surface area contributed by atoms with E-state index in [4.69, 9.17) is 9.47 Å². The molecule has 21 heavy (non-hydrogen) atoms. The topological polar surface area (TPSA) is 52.6 Å². The van der Waals surface area contributed by atoms with Crippen molar-refractivity contribution in [1.82, 2.24) is 0 Å². The smallest absolute Gasteiger partial charge is 0.306 e. The van der Waals surface area contributed by atoms with Crippen LogP contribution in [0.4, 0.5) is 0 Å². The fourth-order valence-corrected chi connectivity index (χ4v) is 1.66. The Kier molecular flexibility index (Phi) is 9.31. The molecular formula is C17H32O4. The first-order chi connectivity index (χ1) is 9.66. The summed E-state index contributed by atoms with van der Waals surface area (Å²) in [5, 5.41) is 0. The minimum absolute atomic E-state index is 0.0754. The average Bonchev–Trinajstić information content (AvgIpc) is 2.35. The molecule has 0 aliphatic carbocycles. The van der Waals surface area contributed by atoms with Gasteiger partial charge in [0, 0.05) is 0 Å². The lowest BCUT2D eigenvalue weighted by Gasteiger charge is -2.26. The van der Waals surface area contributed by atoms with E-state index in [0.29, 0.717) is 0 Å². The van der Waals surface area contributed by atoms with Gasteiger partial charge in [-0.05, 0) is 32.1 Å². The summed E-state index contributed by atoms with van der Waals surface area (Å²) in [5.74, 6) is -0.660. The zero-order chi connectivity index (χ0) is 16.5. The van der Waals surface area contributed by atoms with E-state index in [1.165, 1.54) is 0 Å². The Bertz CT molecular complexity index is 317. The van der Waals surface area contributed by atoms with Gasteiger partial charge in [-0.2, -0.15) is 0 Å². The molecule has 0 aromatic rings. The molecule has 4 nitrogen and oxygen atoms in total. The van der Waals surface area contributed by atoms with E-state index in [1.54, 1.807) is 0 Å². The summed E-state index contributed by atoms with van der Waals surface area (Å²) in [7, 11) is 0. The van der Waals surface area contributed by atoms with Crippen molar-refractivity contribution in [1.29, 1.82) is 0 Å².